The maximum Gasteiger partial charge on any atom is 0.220 e. The first-order valence-electron chi connectivity index (χ1n) is 5.09. The maximum atomic E-state index is 11.2. The standard InChI is InChI=1S/C11H15NOS/c1-8-5-6-10(14-8)9-3-2-4-11(13)12-7-9/h5-6,9H,2-4,7H2,1H3,(H,12,13). The molecule has 0 saturated carbocycles. The van der Waals surface area contributed by atoms with Crippen molar-refractivity contribution in [3.63, 3.8) is 0 Å². The van der Waals surface area contributed by atoms with E-state index in [1.807, 2.05) is 11.3 Å². The molecule has 1 aliphatic heterocycles. The van der Waals surface area contributed by atoms with E-state index in [9.17, 15) is 4.79 Å². The van der Waals surface area contributed by atoms with Crippen LogP contribution in [0, 0.1) is 6.92 Å². The van der Waals surface area contributed by atoms with E-state index in [2.05, 4.69) is 24.4 Å². The second-order valence-electron chi connectivity index (χ2n) is 3.84. The lowest BCUT2D eigenvalue weighted by molar-refractivity contribution is -0.120. The highest BCUT2D eigenvalue weighted by Crippen LogP contribution is 2.29. The predicted octanol–water partition coefficient (Wildman–Crippen LogP) is 2.44. The summed E-state index contributed by atoms with van der Waals surface area (Å²) < 4.78 is 0. The van der Waals surface area contributed by atoms with Crippen molar-refractivity contribution in [2.75, 3.05) is 6.54 Å². The van der Waals surface area contributed by atoms with Crippen molar-refractivity contribution in [3.05, 3.63) is 21.9 Å². The first kappa shape index (κ1) is 9.71. The van der Waals surface area contributed by atoms with Crippen LogP contribution in [0.15, 0.2) is 12.1 Å². The van der Waals surface area contributed by atoms with E-state index in [-0.39, 0.29) is 5.91 Å². The van der Waals surface area contributed by atoms with Gasteiger partial charge in [-0.2, -0.15) is 0 Å². The second-order valence-corrected chi connectivity index (χ2v) is 5.16. The lowest BCUT2D eigenvalue weighted by Crippen LogP contribution is -2.24. The van der Waals surface area contributed by atoms with Gasteiger partial charge in [0.1, 0.15) is 0 Å². The number of aryl methyl sites for hydroxylation is 1. The number of carbonyl (C=O) groups is 1. The Kier molecular flexibility index (Phi) is 2.87. The normalized spacial score (nSPS) is 22.9. The summed E-state index contributed by atoms with van der Waals surface area (Å²) in [5, 5.41) is 2.97. The quantitative estimate of drug-likeness (QED) is 0.756. The molecular weight excluding hydrogens is 194 g/mol. The van der Waals surface area contributed by atoms with Crippen molar-refractivity contribution < 1.29 is 4.79 Å². The minimum atomic E-state index is 0.209. The van der Waals surface area contributed by atoms with E-state index < -0.39 is 0 Å². The Labute approximate surface area is 88.3 Å². The number of nitrogens with one attached hydrogen (secondary N) is 1. The van der Waals surface area contributed by atoms with Gasteiger partial charge in [0.05, 0.1) is 0 Å². The molecule has 0 bridgehead atoms. The smallest absolute Gasteiger partial charge is 0.220 e. The summed E-state index contributed by atoms with van der Waals surface area (Å²) in [4.78, 5) is 13.9. The highest BCUT2D eigenvalue weighted by molar-refractivity contribution is 7.12. The van der Waals surface area contributed by atoms with Gasteiger partial charge in [-0.05, 0) is 31.9 Å². The molecule has 3 heteroatoms. The summed E-state index contributed by atoms with van der Waals surface area (Å²) in [5.41, 5.74) is 0. The Morgan fingerprint density at radius 2 is 2.36 bits per heavy atom. The summed E-state index contributed by atoms with van der Waals surface area (Å²) in [6.07, 6.45) is 2.85. The molecule has 76 valence electrons. The van der Waals surface area contributed by atoms with Crippen LogP contribution in [0.1, 0.15) is 34.9 Å². The summed E-state index contributed by atoms with van der Waals surface area (Å²) in [5.74, 6) is 0.751. The van der Waals surface area contributed by atoms with Crippen LogP contribution >= 0.6 is 11.3 Å². The van der Waals surface area contributed by atoms with E-state index >= 15 is 0 Å². The van der Waals surface area contributed by atoms with Gasteiger partial charge in [-0.3, -0.25) is 4.79 Å². The number of hydrogen-bond acceptors (Lipinski definition) is 2. The predicted molar refractivity (Wildman–Crippen MR) is 58.7 cm³/mol. The van der Waals surface area contributed by atoms with Gasteiger partial charge < -0.3 is 5.32 Å². The number of rotatable bonds is 1. The summed E-state index contributed by atoms with van der Waals surface area (Å²) in [6.45, 7) is 2.95. The molecule has 2 nitrogen and oxygen atoms in total. The van der Waals surface area contributed by atoms with Gasteiger partial charge in [-0.15, -0.1) is 11.3 Å². The molecule has 1 aromatic rings. The third-order valence-electron chi connectivity index (χ3n) is 2.67. The topological polar surface area (TPSA) is 29.1 Å². The summed E-state index contributed by atoms with van der Waals surface area (Å²) >= 11 is 1.85. The molecule has 1 amide bonds. The van der Waals surface area contributed by atoms with Crippen LogP contribution in [0.2, 0.25) is 0 Å². The fourth-order valence-corrected chi connectivity index (χ4v) is 2.86. The number of hydrogen-bond donors (Lipinski definition) is 1. The number of thiophene rings is 1. The van der Waals surface area contributed by atoms with Crippen molar-refractivity contribution in [3.8, 4) is 0 Å². The van der Waals surface area contributed by atoms with Crippen LogP contribution in [0.3, 0.4) is 0 Å². The Morgan fingerprint density at radius 1 is 1.50 bits per heavy atom. The zero-order valence-corrected chi connectivity index (χ0v) is 9.19. The minimum Gasteiger partial charge on any atom is -0.355 e. The highest BCUT2D eigenvalue weighted by Gasteiger charge is 2.18. The van der Waals surface area contributed by atoms with Crippen molar-refractivity contribution in [1.82, 2.24) is 5.32 Å². The maximum absolute atomic E-state index is 11.2. The first-order chi connectivity index (χ1) is 6.75. The molecule has 1 aromatic heterocycles. The molecule has 14 heavy (non-hydrogen) atoms. The van der Waals surface area contributed by atoms with E-state index in [4.69, 9.17) is 0 Å². The molecular formula is C11H15NOS. The van der Waals surface area contributed by atoms with Crippen molar-refractivity contribution in [2.24, 2.45) is 0 Å². The molecule has 0 aromatic carbocycles. The molecule has 1 fully saturated rings. The fraction of sp³-hybridized carbons (Fsp3) is 0.545. The zero-order chi connectivity index (χ0) is 9.97. The van der Waals surface area contributed by atoms with Gasteiger partial charge in [0.2, 0.25) is 5.91 Å². The molecule has 0 aliphatic carbocycles. The molecule has 1 unspecified atom stereocenters. The van der Waals surface area contributed by atoms with Crippen molar-refractivity contribution >= 4 is 17.2 Å². The van der Waals surface area contributed by atoms with Crippen LogP contribution in [0.25, 0.3) is 0 Å². The molecule has 1 aliphatic rings. The molecule has 2 rings (SSSR count). The van der Waals surface area contributed by atoms with Gasteiger partial charge in [-0.25, -0.2) is 0 Å². The minimum absolute atomic E-state index is 0.209. The largest absolute Gasteiger partial charge is 0.355 e. The Balaban J connectivity index is 2.07. The molecule has 0 spiro atoms. The number of amides is 1. The molecule has 1 N–H and O–H groups in total. The molecule has 1 atom stereocenters. The van der Waals surface area contributed by atoms with Gasteiger partial charge in [0.25, 0.3) is 0 Å². The van der Waals surface area contributed by atoms with Gasteiger partial charge in [0, 0.05) is 28.6 Å². The van der Waals surface area contributed by atoms with Crippen LogP contribution in [-0.2, 0) is 4.79 Å². The Hall–Kier alpha value is -0.830. The van der Waals surface area contributed by atoms with Gasteiger partial charge in [0.15, 0.2) is 0 Å². The van der Waals surface area contributed by atoms with E-state index in [1.165, 1.54) is 9.75 Å². The third-order valence-corrected chi connectivity index (χ3v) is 3.83. The van der Waals surface area contributed by atoms with Crippen LogP contribution in [0.4, 0.5) is 0 Å². The summed E-state index contributed by atoms with van der Waals surface area (Å²) in [7, 11) is 0. The molecule has 2 heterocycles. The van der Waals surface area contributed by atoms with E-state index in [0.717, 1.165) is 19.4 Å². The van der Waals surface area contributed by atoms with Crippen LogP contribution < -0.4 is 5.32 Å². The average molecular weight is 209 g/mol. The van der Waals surface area contributed by atoms with Gasteiger partial charge >= 0.3 is 0 Å². The lowest BCUT2D eigenvalue weighted by Gasteiger charge is -2.11. The second kappa shape index (κ2) is 4.13. The van der Waals surface area contributed by atoms with Crippen LogP contribution in [-0.4, -0.2) is 12.5 Å². The van der Waals surface area contributed by atoms with Gasteiger partial charge in [-0.1, -0.05) is 0 Å². The van der Waals surface area contributed by atoms with Crippen LogP contribution in [0.5, 0.6) is 0 Å². The van der Waals surface area contributed by atoms with Crippen molar-refractivity contribution in [1.29, 1.82) is 0 Å². The molecule has 0 radical (unpaired) electrons. The Bertz CT molecular complexity index is 332. The molecule has 1 saturated heterocycles. The highest BCUT2D eigenvalue weighted by atomic mass is 32.1. The third kappa shape index (κ3) is 2.15. The van der Waals surface area contributed by atoms with Crippen molar-refractivity contribution in [2.45, 2.75) is 32.1 Å². The zero-order valence-electron chi connectivity index (χ0n) is 8.38. The lowest BCUT2D eigenvalue weighted by atomic mass is 10.0. The first-order valence-corrected chi connectivity index (χ1v) is 5.90. The fourth-order valence-electron chi connectivity index (χ4n) is 1.85. The average Bonchev–Trinajstić information content (AvgIpc) is 2.46. The van der Waals surface area contributed by atoms with E-state index in [1.54, 1.807) is 0 Å². The SMILES string of the molecule is Cc1ccc(C2CCCC(=O)NC2)s1. The summed E-state index contributed by atoms with van der Waals surface area (Å²) in [6, 6.07) is 4.36. The van der Waals surface area contributed by atoms with E-state index in [0.29, 0.717) is 12.3 Å². The monoisotopic (exact) mass is 209 g/mol. The number of carbonyl (C=O) groups excluding carboxylic acids is 1. The Morgan fingerprint density at radius 3 is 3.07 bits per heavy atom.